The SMILES string of the molecule is CCCCc1ccc([C@H]2CC[C@H](C=C[C@H]3CC[C@H](C=C(F)C#N)CC3)CC2)cc1. The van der Waals surface area contributed by atoms with Gasteiger partial charge in [-0.3, -0.25) is 0 Å². The van der Waals surface area contributed by atoms with Gasteiger partial charge in [0, 0.05) is 0 Å². The highest BCUT2D eigenvalue weighted by atomic mass is 19.1. The second kappa shape index (κ2) is 11.3. The van der Waals surface area contributed by atoms with E-state index in [1.165, 1.54) is 62.1 Å². The van der Waals surface area contributed by atoms with E-state index in [0.29, 0.717) is 5.92 Å². The maximum atomic E-state index is 13.1. The molecular formula is C27H36FN. The third-order valence-corrected chi connectivity index (χ3v) is 7.00. The van der Waals surface area contributed by atoms with Crippen LogP contribution >= 0.6 is 0 Å². The van der Waals surface area contributed by atoms with E-state index in [2.05, 4.69) is 43.3 Å². The minimum absolute atomic E-state index is 0.253. The molecule has 29 heavy (non-hydrogen) atoms. The Morgan fingerprint density at radius 3 is 2.03 bits per heavy atom. The lowest BCUT2D eigenvalue weighted by atomic mass is 9.77. The zero-order valence-corrected chi connectivity index (χ0v) is 18.0. The molecule has 0 aliphatic heterocycles. The molecule has 0 atom stereocenters. The van der Waals surface area contributed by atoms with E-state index in [1.54, 1.807) is 6.07 Å². The molecule has 0 aromatic heterocycles. The Bertz CT molecular complexity index is 708. The van der Waals surface area contributed by atoms with E-state index >= 15 is 0 Å². The van der Waals surface area contributed by atoms with Crippen molar-refractivity contribution in [2.75, 3.05) is 0 Å². The van der Waals surface area contributed by atoms with Crippen LogP contribution in [0.1, 0.15) is 88.2 Å². The second-order valence-corrected chi connectivity index (χ2v) is 9.14. The van der Waals surface area contributed by atoms with Crippen molar-refractivity contribution in [3.05, 3.63) is 59.4 Å². The highest BCUT2D eigenvalue weighted by molar-refractivity contribution is 5.26. The van der Waals surface area contributed by atoms with Crippen LogP contribution in [-0.4, -0.2) is 0 Å². The van der Waals surface area contributed by atoms with E-state index in [-0.39, 0.29) is 5.92 Å². The van der Waals surface area contributed by atoms with Gasteiger partial charge in [0.15, 0.2) is 5.83 Å². The molecule has 0 N–H and O–H groups in total. The van der Waals surface area contributed by atoms with Gasteiger partial charge in [-0.05, 0) is 105 Å². The van der Waals surface area contributed by atoms with Crippen molar-refractivity contribution in [3.63, 3.8) is 0 Å². The van der Waals surface area contributed by atoms with Crippen molar-refractivity contribution in [1.29, 1.82) is 5.26 Å². The van der Waals surface area contributed by atoms with Crippen LogP contribution in [0.3, 0.4) is 0 Å². The standard InChI is InChI=1S/C27H36FN/c1-2-3-4-21-11-15-25(16-12-21)26-17-13-23(14-18-26)6-5-22-7-9-24(10-8-22)19-27(28)20-29/h5-6,11-12,15-16,19,22-24,26H,2-4,7-10,13-14,17-18H2,1H3/t22-,23-,24-,26-. The molecule has 2 aliphatic rings. The average molecular weight is 394 g/mol. The number of benzene rings is 1. The summed E-state index contributed by atoms with van der Waals surface area (Å²) >= 11 is 0. The molecule has 0 saturated heterocycles. The maximum absolute atomic E-state index is 13.1. The highest BCUT2D eigenvalue weighted by Gasteiger charge is 2.22. The second-order valence-electron chi connectivity index (χ2n) is 9.14. The smallest absolute Gasteiger partial charge is 0.195 e. The number of hydrogen-bond donors (Lipinski definition) is 0. The lowest BCUT2D eigenvalue weighted by molar-refractivity contribution is 0.346. The van der Waals surface area contributed by atoms with Crippen LogP contribution in [0, 0.1) is 29.1 Å². The molecule has 0 heterocycles. The van der Waals surface area contributed by atoms with E-state index in [4.69, 9.17) is 5.26 Å². The van der Waals surface area contributed by atoms with Crippen molar-refractivity contribution < 1.29 is 4.39 Å². The number of unbranched alkanes of at least 4 members (excludes halogenated alkanes) is 1. The molecule has 2 heteroatoms. The number of allylic oxidation sites excluding steroid dienone is 4. The Balaban J connectivity index is 1.40. The minimum Gasteiger partial charge on any atom is -0.195 e. The number of hydrogen-bond acceptors (Lipinski definition) is 1. The number of aryl methyl sites for hydroxylation is 1. The molecule has 2 aliphatic carbocycles. The Hall–Kier alpha value is -1.88. The molecule has 156 valence electrons. The van der Waals surface area contributed by atoms with E-state index < -0.39 is 5.83 Å². The summed E-state index contributed by atoms with van der Waals surface area (Å²) in [4.78, 5) is 0. The van der Waals surface area contributed by atoms with Crippen LogP contribution in [-0.2, 0) is 6.42 Å². The molecule has 1 aromatic rings. The van der Waals surface area contributed by atoms with Crippen molar-refractivity contribution in [2.24, 2.45) is 17.8 Å². The summed E-state index contributed by atoms with van der Waals surface area (Å²) in [6, 6.07) is 11.0. The third-order valence-electron chi connectivity index (χ3n) is 7.00. The summed E-state index contributed by atoms with van der Waals surface area (Å²) in [6.07, 6.45) is 19.6. The summed E-state index contributed by atoms with van der Waals surface area (Å²) in [6.45, 7) is 2.25. The number of halogens is 1. The molecule has 1 nitrogen and oxygen atoms in total. The van der Waals surface area contributed by atoms with Gasteiger partial charge in [0.2, 0.25) is 0 Å². The monoisotopic (exact) mass is 393 g/mol. The van der Waals surface area contributed by atoms with Gasteiger partial charge in [-0.1, -0.05) is 49.8 Å². The highest BCUT2D eigenvalue weighted by Crippen LogP contribution is 2.37. The van der Waals surface area contributed by atoms with Crippen molar-refractivity contribution in [1.82, 2.24) is 0 Å². The summed E-state index contributed by atoms with van der Waals surface area (Å²) in [5, 5.41) is 8.58. The molecule has 0 bridgehead atoms. The van der Waals surface area contributed by atoms with Crippen molar-refractivity contribution >= 4 is 0 Å². The first-order valence-electron chi connectivity index (χ1n) is 11.7. The Labute approximate surface area is 176 Å². The molecule has 2 fully saturated rings. The number of rotatable bonds is 7. The van der Waals surface area contributed by atoms with Crippen LogP contribution in [0.15, 0.2) is 48.3 Å². The maximum Gasteiger partial charge on any atom is 0.196 e. The summed E-state index contributed by atoms with van der Waals surface area (Å²) in [7, 11) is 0. The topological polar surface area (TPSA) is 23.8 Å². The van der Waals surface area contributed by atoms with E-state index in [1.807, 2.05) is 0 Å². The molecule has 0 radical (unpaired) electrons. The molecule has 2 saturated carbocycles. The van der Waals surface area contributed by atoms with Crippen LogP contribution in [0.2, 0.25) is 0 Å². The predicted octanol–water partition coefficient (Wildman–Crippen LogP) is 8.04. The number of nitriles is 1. The molecular weight excluding hydrogens is 357 g/mol. The normalized spacial score (nSPS) is 28.4. The molecule has 3 rings (SSSR count). The van der Waals surface area contributed by atoms with Crippen molar-refractivity contribution in [3.8, 4) is 6.07 Å². The minimum atomic E-state index is -0.614. The summed E-state index contributed by atoms with van der Waals surface area (Å²) < 4.78 is 13.1. The fourth-order valence-corrected chi connectivity index (χ4v) is 5.04. The fourth-order valence-electron chi connectivity index (χ4n) is 5.04. The van der Waals surface area contributed by atoms with E-state index in [9.17, 15) is 4.39 Å². The van der Waals surface area contributed by atoms with Gasteiger partial charge in [-0.2, -0.15) is 9.65 Å². The Kier molecular flexibility index (Phi) is 8.53. The molecule has 0 spiro atoms. The first-order chi connectivity index (χ1) is 14.2. The first-order valence-corrected chi connectivity index (χ1v) is 11.7. The predicted molar refractivity (Wildman–Crippen MR) is 119 cm³/mol. The van der Waals surface area contributed by atoms with E-state index in [0.717, 1.165) is 37.5 Å². The van der Waals surface area contributed by atoms with Gasteiger partial charge < -0.3 is 0 Å². The van der Waals surface area contributed by atoms with Gasteiger partial charge in [0.1, 0.15) is 6.07 Å². The average Bonchev–Trinajstić information content (AvgIpc) is 2.78. The van der Waals surface area contributed by atoms with Crippen LogP contribution in [0.25, 0.3) is 0 Å². The van der Waals surface area contributed by atoms with Gasteiger partial charge in [-0.15, -0.1) is 0 Å². The van der Waals surface area contributed by atoms with Gasteiger partial charge >= 0.3 is 0 Å². The first kappa shape index (κ1) is 21.8. The molecule has 0 amide bonds. The Morgan fingerprint density at radius 2 is 1.48 bits per heavy atom. The lowest BCUT2D eigenvalue weighted by Crippen LogP contribution is -2.14. The molecule has 1 aromatic carbocycles. The van der Waals surface area contributed by atoms with Crippen molar-refractivity contribution in [2.45, 2.75) is 83.5 Å². The Morgan fingerprint density at radius 1 is 0.931 bits per heavy atom. The van der Waals surface area contributed by atoms with Crippen LogP contribution in [0.4, 0.5) is 4.39 Å². The zero-order valence-electron chi connectivity index (χ0n) is 18.0. The summed E-state index contributed by atoms with van der Waals surface area (Å²) in [5.74, 6) is 1.73. The number of nitrogens with zero attached hydrogens (tertiary/aromatic N) is 1. The summed E-state index contributed by atoms with van der Waals surface area (Å²) in [5.41, 5.74) is 3.01. The van der Waals surface area contributed by atoms with Crippen LogP contribution in [0.5, 0.6) is 0 Å². The van der Waals surface area contributed by atoms with Gasteiger partial charge in [0.05, 0.1) is 0 Å². The lowest BCUT2D eigenvalue weighted by Gasteiger charge is -2.28. The van der Waals surface area contributed by atoms with Gasteiger partial charge in [-0.25, -0.2) is 0 Å². The third kappa shape index (κ3) is 6.84. The fraction of sp³-hybridized carbons (Fsp3) is 0.593. The zero-order chi connectivity index (χ0) is 20.5. The largest absolute Gasteiger partial charge is 0.196 e. The quantitative estimate of drug-likeness (QED) is 0.339. The molecule has 0 unspecified atom stereocenters. The van der Waals surface area contributed by atoms with Gasteiger partial charge in [0.25, 0.3) is 0 Å². The van der Waals surface area contributed by atoms with Crippen LogP contribution < -0.4 is 0 Å².